The van der Waals surface area contributed by atoms with Gasteiger partial charge in [-0.2, -0.15) is 18.2 Å². The quantitative estimate of drug-likeness (QED) is 0.766. The number of halogens is 3. The average molecular weight is 353 g/mol. The minimum atomic E-state index is -4.35. The second-order valence-electron chi connectivity index (χ2n) is 6.79. The normalized spacial score (nSPS) is 16.3. The molecule has 1 saturated carbocycles. The molecule has 0 radical (unpaired) electrons. The topological polar surface area (TPSA) is 42.2 Å². The van der Waals surface area contributed by atoms with E-state index >= 15 is 0 Å². The van der Waals surface area contributed by atoms with Gasteiger partial charge in [0.25, 0.3) is 0 Å². The van der Waals surface area contributed by atoms with Crippen molar-refractivity contribution in [3.8, 4) is 11.4 Å². The Morgan fingerprint density at radius 1 is 1.16 bits per heavy atom. The maximum Gasteiger partial charge on any atom is 0.416 e. The van der Waals surface area contributed by atoms with Crippen molar-refractivity contribution in [1.29, 1.82) is 0 Å². The molecule has 1 aromatic carbocycles. The molecule has 0 aliphatic heterocycles. The summed E-state index contributed by atoms with van der Waals surface area (Å²) in [7, 11) is 0. The van der Waals surface area contributed by atoms with Gasteiger partial charge in [-0.1, -0.05) is 30.1 Å². The molecule has 1 fully saturated rings. The molecule has 0 atom stereocenters. The molecule has 2 aromatic rings. The van der Waals surface area contributed by atoms with Gasteiger partial charge in [0.15, 0.2) is 0 Å². The summed E-state index contributed by atoms with van der Waals surface area (Å²) in [5, 5.41) is 3.92. The molecule has 0 bridgehead atoms. The Hall–Kier alpha value is -1.89. The molecule has 1 aliphatic carbocycles. The lowest BCUT2D eigenvalue weighted by molar-refractivity contribution is -0.137. The van der Waals surface area contributed by atoms with Gasteiger partial charge < -0.3 is 4.52 Å². The number of benzene rings is 1. The molecule has 1 aliphatic rings. The average Bonchev–Trinajstić information content (AvgIpc) is 3.23. The zero-order valence-corrected chi connectivity index (χ0v) is 14.4. The second-order valence-corrected chi connectivity index (χ2v) is 6.79. The van der Waals surface area contributed by atoms with E-state index in [0.717, 1.165) is 12.1 Å². The van der Waals surface area contributed by atoms with Gasteiger partial charge in [0, 0.05) is 17.6 Å². The van der Waals surface area contributed by atoms with Crippen LogP contribution in [0.3, 0.4) is 0 Å². The summed E-state index contributed by atoms with van der Waals surface area (Å²) in [5.41, 5.74) is -0.174. The van der Waals surface area contributed by atoms with Gasteiger partial charge >= 0.3 is 6.18 Å². The molecule has 4 nitrogen and oxygen atoms in total. The number of hydrogen-bond donors (Lipinski definition) is 0. The van der Waals surface area contributed by atoms with Crippen molar-refractivity contribution < 1.29 is 17.7 Å². The van der Waals surface area contributed by atoms with Gasteiger partial charge in [0.1, 0.15) is 0 Å². The van der Waals surface area contributed by atoms with Gasteiger partial charge in [-0.15, -0.1) is 0 Å². The summed E-state index contributed by atoms with van der Waals surface area (Å²) in [6.07, 6.45) is 0.499. The Balaban J connectivity index is 1.73. The summed E-state index contributed by atoms with van der Waals surface area (Å²) in [5.74, 6) is 0.814. The highest BCUT2D eigenvalue weighted by Crippen LogP contribution is 2.31. The van der Waals surface area contributed by atoms with E-state index in [1.54, 1.807) is 0 Å². The van der Waals surface area contributed by atoms with Gasteiger partial charge in [-0.05, 0) is 38.8 Å². The van der Waals surface area contributed by atoms with Crippen LogP contribution in [0.4, 0.5) is 13.2 Å². The molecule has 0 unspecified atom stereocenters. The van der Waals surface area contributed by atoms with E-state index in [1.807, 2.05) is 0 Å². The summed E-state index contributed by atoms with van der Waals surface area (Å²) in [6, 6.07) is 5.70. The number of nitrogens with zero attached hydrogens (tertiary/aromatic N) is 3. The van der Waals surface area contributed by atoms with E-state index in [1.165, 1.54) is 37.8 Å². The molecule has 25 heavy (non-hydrogen) atoms. The Morgan fingerprint density at radius 2 is 1.80 bits per heavy atom. The van der Waals surface area contributed by atoms with Crippen LogP contribution in [0.25, 0.3) is 11.4 Å². The minimum Gasteiger partial charge on any atom is -0.338 e. The zero-order valence-electron chi connectivity index (χ0n) is 14.4. The van der Waals surface area contributed by atoms with E-state index in [4.69, 9.17) is 4.52 Å². The smallest absolute Gasteiger partial charge is 0.338 e. The first-order chi connectivity index (χ1) is 11.8. The molecule has 136 valence electrons. The van der Waals surface area contributed by atoms with E-state index < -0.39 is 11.7 Å². The van der Waals surface area contributed by atoms with Gasteiger partial charge in [0.05, 0.1) is 12.1 Å². The van der Waals surface area contributed by atoms with Crippen molar-refractivity contribution >= 4 is 0 Å². The molecule has 7 heteroatoms. The van der Waals surface area contributed by atoms with Gasteiger partial charge in [-0.25, -0.2) is 0 Å². The Morgan fingerprint density at radius 3 is 2.36 bits per heavy atom. The Kier molecular flexibility index (Phi) is 5.13. The van der Waals surface area contributed by atoms with Crippen LogP contribution < -0.4 is 0 Å². The summed E-state index contributed by atoms with van der Waals surface area (Å²) >= 11 is 0. The monoisotopic (exact) mass is 353 g/mol. The van der Waals surface area contributed by atoms with E-state index in [0.29, 0.717) is 35.9 Å². The van der Waals surface area contributed by atoms with Crippen LogP contribution in [0.5, 0.6) is 0 Å². The highest BCUT2D eigenvalue weighted by molar-refractivity contribution is 5.54. The van der Waals surface area contributed by atoms with Crippen molar-refractivity contribution in [2.75, 3.05) is 0 Å². The number of rotatable bonds is 5. The minimum absolute atomic E-state index is 0.318. The summed E-state index contributed by atoms with van der Waals surface area (Å²) in [6.45, 7) is 4.85. The van der Waals surface area contributed by atoms with Gasteiger partial charge in [0.2, 0.25) is 11.7 Å². The summed E-state index contributed by atoms with van der Waals surface area (Å²) in [4.78, 5) is 6.72. The van der Waals surface area contributed by atoms with Crippen LogP contribution in [-0.4, -0.2) is 27.1 Å². The van der Waals surface area contributed by atoms with Crippen molar-refractivity contribution in [1.82, 2.24) is 15.0 Å². The first-order valence-electron chi connectivity index (χ1n) is 8.60. The fourth-order valence-electron chi connectivity index (χ4n) is 3.37. The van der Waals surface area contributed by atoms with Gasteiger partial charge in [-0.3, -0.25) is 4.90 Å². The number of aromatic nitrogens is 2. The highest BCUT2D eigenvalue weighted by Gasteiger charge is 2.30. The van der Waals surface area contributed by atoms with Crippen LogP contribution in [0.15, 0.2) is 28.8 Å². The third-order valence-corrected chi connectivity index (χ3v) is 4.71. The van der Waals surface area contributed by atoms with E-state index in [2.05, 4.69) is 28.9 Å². The maximum absolute atomic E-state index is 12.6. The first-order valence-corrected chi connectivity index (χ1v) is 8.60. The molecule has 0 N–H and O–H groups in total. The van der Waals surface area contributed by atoms with Crippen LogP contribution >= 0.6 is 0 Å². The molecule has 0 amide bonds. The fraction of sp³-hybridized carbons (Fsp3) is 0.556. The zero-order chi connectivity index (χ0) is 18.0. The molecular weight excluding hydrogens is 331 g/mol. The lowest BCUT2D eigenvalue weighted by Crippen LogP contribution is -2.38. The lowest BCUT2D eigenvalue weighted by Gasteiger charge is -2.31. The molecule has 1 aromatic heterocycles. The predicted octanol–water partition coefficient (Wildman–Crippen LogP) is 4.91. The van der Waals surface area contributed by atoms with E-state index in [9.17, 15) is 13.2 Å². The molecular formula is C18H22F3N3O. The SMILES string of the molecule is CC(C)N(Cc1nc(-c2ccc(C(F)(F)F)cc2)no1)C1CCCC1. The van der Waals surface area contributed by atoms with Crippen molar-refractivity contribution in [3.05, 3.63) is 35.7 Å². The van der Waals surface area contributed by atoms with Crippen molar-refractivity contribution in [3.63, 3.8) is 0 Å². The third kappa shape index (κ3) is 4.21. The van der Waals surface area contributed by atoms with Crippen LogP contribution in [0.2, 0.25) is 0 Å². The summed E-state index contributed by atoms with van der Waals surface area (Å²) < 4.78 is 43.2. The van der Waals surface area contributed by atoms with Crippen molar-refractivity contribution in [2.45, 2.75) is 64.3 Å². The Labute approximate surface area is 145 Å². The highest BCUT2D eigenvalue weighted by atomic mass is 19.4. The number of alkyl halides is 3. The molecule has 1 heterocycles. The second kappa shape index (κ2) is 7.15. The van der Waals surface area contributed by atoms with E-state index in [-0.39, 0.29) is 0 Å². The number of hydrogen-bond acceptors (Lipinski definition) is 4. The largest absolute Gasteiger partial charge is 0.416 e. The standard InChI is InChI=1S/C18H22F3N3O/c1-12(2)24(15-5-3-4-6-15)11-16-22-17(23-25-16)13-7-9-14(10-8-13)18(19,20)21/h7-10,12,15H,3-6,11H2,1-2H3. The molecule has 0 spiro atoms. The maximum atomic E-state index is 12.6. The van der Waals surface area contributed by atoms with Crippen LogP contribution in [0, 0.1) is 0 Å². The Bertz CT molecular complexity index is 688. The van der Waals surface area contributed by atoms with Crippen LogP contribution in [-0.2, 0) is 12.7 Å². The van der Waals surface area contributed by atoms with Crippen LogP contribution in [0.1, 0.15) is 51.0 Å². The van der Waals surface area contributed by atoms with Crippen molar-refractivity contribution in [2.24, 2.45) is 0 Å². The predicted molar refractivity (Wildman–Crippen MR) is 87.7 cm³/mol. The molecule has 0 saturated heterocycles. The molecule has 3 rings (SSSR count). The fourth-order valence-corrected chi connectivity index (χ4v) is 3.37. The first kappa shape index (κ1) is 17.9. The lowest BCUT2D eigenvalue weighted by atomic mass is 10.1. The third-order valence-electron chi connectivity index (χ3n) is 4.71.